The zero-order valence-electron chi connectivity index (χ0n) is 12.7. The summed E-state index contributed by atoms with van der Waals surface area (Å²) in [5.74, 6) is -0.226. The standard InChI is InChI=1S/C17H19N3O2/c1-3-22-17(21)15(10-18)16-19-11-14(12(2)20-16)9-13-7-5-4-6-8-13/h4-8,10-11H,3,9,18H2,1-2H3/b15-10+. The Morgan fingerprint density at radius 2 is 2.05 bits per heavy atom. The highest BCUT2D eigenvalue weighted by Crippen LogP contribution is 2.15. The fourth-order valence-corrected chi connectivity index (χ4v) is 2.05. The molecule has 2 aromatic rings. The molecule has 0 bridgehead atoms. The summed E-state index contributed by atoms with van der Waals surface area (Å²) in [6, 6.07) is 10.1. The van der Waals surface area contributed by atoms with Crippen LogP contribution in [-0.2, 0) is 16.0 Å². The lowest BCUT2D eigenvalue weighted by Crippen LogP contribution is -2.12. The van der Waals surface area contributed by atoms with E-state index in [0.717, 1.165) is 17.7 Å². The van der Waals surface area contributed by atoms with Crippen LogP contribution in [-0.4, -0.2) is 22.5 Å². The number of hydrogen-bond acceptors (Lipinski definition) is 5. The lowest BCUT2D eigenvalue weighted by atomic mass is 10.1. The molecule has 0 atom stereocenters. The van der Waals surface area contributed by atoms with Crippen LogP contribution in [0, 0.1) is 6.92 Å². The molecule has 0 fully saturated rings. The molecule has 0 saturated heterocycles. The van der Waals surface area contributed by atoms with Crippen molar-refractivity contribution < 1.29 is 9.53 Å². The fraction of sp³-hybridized carbons (Fsp3) is 0.235. The lowest BCUT2D eigenvalue weighted by Gasteiger charge is -2.09. The number of rotatable bonds is 5. The molecule has 0 saturated carbocycles. The van der Waals surface area contributed by atoms with E-state index in [4.69, 9.17) is 10.5 Å². The van der Waals surface area contributed by atoms with Gasteiger partial charge in [-0.05, 0) is 25.0 Å². The number of nitrogens with two attached hydrogens (primary N) is 1. The molecule has 1 aromatic carbocycles. The van der Waals surface area contributed by atoms with Crippen molar-refractivity contribution in [1.29, 1.82) is 0 Å². The third-order valence-corrected chi connectivity index (χ3v) is 3.22. The van der Waals surface area contributed by atoms with E-state index in [1.165, 1.54) is 11.8 Å². The molecule has 2 N–H and O–H groups in total. The number of ether oxygens (including phenoxy) is 1. The van der Waals surface area contributed by atoms with Gasteiger partial charge in [0, 0.05) is 24.5 Å². The van der Waals surface area contributed by atoms with E-state index in [0.29, 0.717) is 0 Å². The van der Waals surface area contributed by atoms with E-state index >= 15 is 0 Å². The summed E-state index contributed by atoms with van der Waals surface area (Å²) in [5.41, 5.74) is 8.69. The Labute approximate surface area is 129 Å². The number of esters is 1. The molecule has 5 nitrogen and oxygen atoms in total. The van der Waals surface area contributed by atoms with Crippen molar-refractivity contribution in [2.24, 2.45) is 5.73 Å². The molecule has 0 unspecified atom stereocenters. The smallest absolute Gasteiger partial charge is 0.343 e. The average Bonchev–Trinajstić information content (AvgIpc) is 2.52. The number of carbonyl (C=O) groups is 1. The third kappa shape index (κ3) is 3.69. The molecular formula is C17H19N3O2. The molecule has 5 heteroatoms. The molecule has 1 heterocycles. The molecule has 0 aliphatic rings. The maximum Gasteiger partial charge on any atom is 0.343 e. The maximum atomic E-state index is 11.8. The molecule has 0 aliphatic heterocycles. The Morgan fingerprint density at radius 3 is 2.64 bits per heavy atom. The van der Waals surface area contributed by atoms with Gasteiger partial charge in [-0.1, -0.05) is 30.3 Å². The average molecular weight is 297 g/mol. The monoisotopic (exact) mass is 297 g/mol. The van der Waals surface area contributed by atoms with E-state index in [1.807, 2.05) is 25.1 Å². The Morgan fingerprint density at radius 1 is 1.32 bits per heavy atom. The molecule has 0 amide bonds. The first-order valence-corrected chi connectivity index (χ1v) is 7.11. The number of hydrogen-bond donors (Lipinski definition) is 1. The summed E-state index contributed by atoms with van der Waals surface area (Å²) in [7, 11) is 0. The molecule has 0 radical (unpaired) electrons. The van der Waals surface area contributed by atoms with E-state index in [1.54, 1.807) is 13.1 Å². The normalized spacial score (nSPS) is 11.3. The van der Waals surface area contributed by atoms with Gasteiger partial charge in [0.15, 0.2) is 5.82 Å². The first kappa shape index (κ1) is 15.7. The van der Waals surface area contributed by atoms with Crippen LogP contribution in [0.1, 0.15) is 29.6 Å². The molecule has 1 aromatic heterocycles. The van der Waals surface area contributed by atoms with Crippen LogP contribution in [0.15, 0.2) is 42.7 Å². The topological polar surface area (TPSA) is 78.1 Å². The Balaban J connectivity index is 2.24. The van der Waals surface area contributed by atoms with Gasteiger partial charge in [-0.2, -0.15) is 0 Å². The quantitative estimate of drug-likeness (QED) is 0.676. The highest BCUT2D eigenvalue weighted by Gasteiger charge is 2.16. The SMILES string of the molecule is CCOC(=O)/C(=C/N)c1ncc(Cc2ccccc2)c(C)n1. The van der Waals surface area contributed by atoms with Gasteiger partial charge in [0.05, 0.1) is 6.61 Å². The van der Waals surface area contributed by atoms with Crippen LogP contribution < -0.4 is 5.73 Å². The molecule has 22 heavy (non-hydrogen) atoms. The Kier molecular flexibility index (Phi) is 5.25. The van der Waals surface area contributed by atoms with Crippen molar-refractivity contribution in [2.45, 2.75) is 20.3 Å². The van der Waals surface area contributed by atoms with Gasteiger partial charge in [-0.15, -0.1) is 0 Å². The minimum Gasteiger partial charge on any atom is -0.462 e. The first-order chi connectivity index (χ1) is 10.7. The first-order valence-electron chi connectivity index (χ1n) is 7.11. The second kappa shape index (κ2) is 7.36. The lowest BCUT2D eigenvalue weighted by molar-refractivity contribution is -0.136. The largest absolute Gasteiger partial charge is 0.462 e. The molecule has 0 spiro atoms. The second-order valence-electron chi connectivity index (χ2n) is 4.77. The predicted molar refractivity (Wildman–Crippen MR) is 84.8 cm³/mol. The zero-order valence-corrected chi connectivity index (χ0v) is 12.7. The number of aryl methyl sites for hydroxylation is 1. The summed E-state index contributed by atoms with van der Waals surface area (Å²) in [5, 5.41) is 0. The summed E-state index contributed by atoms with van der Waals surface area (Å²) >= 11 is 0. The van der Waals surface area contributed by atoms with Crippen LogP contribution >= 0.6 is 0 Å². The minimum atomic E-state index is -0.514. The van der Waals surface area contributed by atoms with Crippen LogP contribution in [0.3, 0.4) is 0 Å². The molecule has 114 valence electrons. The second-order valence-corrected chi connectivity index (χ2v) is 4.77. The fourth-order valence-electron chi connectivity index (χ4n) is 2.05. The summed E-state index contributed by atoms with van der Waals surface area (Å²) in [4.78, 5) is 20.4. The van der Waals surface area contributed by atoms with Crippen LogP contribution in [0.5, 0.6) is 0 Å². The van der Waals surface area contributed by atoms with Crippen LogP contribution in [0.4, 0.5) is 0 Å². The number of aromatic nitrogens is 2. The van der Waals surface area contributed by atoms with Crippen LogP contribution in [0.25, 0.3) is 5.57 Å². The molecule has 0 aliphatic carbocycles. The van der Waals surface area contributed by atoms with Gasteiger partial charge < -0.3 is 10.5 Å². The van der Waals surface area contributed by atoms with Crippen molar-refractivity contribution in [3.8, 4) is 0 Å². The van der Waals surface area contributed by atoms with Crippen molar-refractivity contribution >= 4 is 11.5 Å². The van der Waals surface area contributed by atoms with Gasteiger partial charge >= 0.3 is 5.97 Å². The van der Waals surface area contributed by atoms with Gasteiger partial charge in [0.2, 0.25) is 0 Å². The molecular weight excluding hydrogens is 278 g/mol. The van der Waals surface area contributed by atoms with Crippen molar-refractivity contribution in [3.63, 3.8) is 0 Å². The highest BCUT2D eigenvalue weighted by molar-refractivity contribution is 6.15. The van der Waals surface area contributed by atoms with E-state index in [9.17, 15) is 4.79 Å². The summed E-state index contributed by atoms with van der Waals surface area (Å²) in [6.45, 7) is 3.91. The minimum absolute atomic E-state index is 0.177. The Bertz CT molecular complexity index is 682. The third-order valence-electron chi connectivity index (χ3n) is 3.22. The zero-order chi connectivity index (χ0) is 15.9. The maximum absolute atomic E-state index is 11.8. The number of benzene rings is 1. The summed E-state index contributed by atoms with van der Waals surface area (Å²) in [6.07, 6.45) is 3.66. The number of carbonyl (C=O) groups excluding carboxylic acids is 1. The van der Waals surface area contributed by atoms with E-state index in [-0.39, 0.29) is 18.0 Å². The van der Waals surface area contributed by atoms with Gasteiger partial charge in [0.25, 0.3) is 0 Å². The van der Waals surface area contributed by atoms with Gasteiger partial charge in [-0.25, -0.2) is 14.8 Å². The summed E-state index contributed by atoms with van der Waals surface area (Å²) < 4.78 is 4.95. The van der Waals surface area contributed by atoms with E-state index < -0.39 is 5.97 Å². The Hall–Kier alpha value is -2.69. The van der Waals surface area contributed by atoms with Crippen molar-refractivity contribution in [2.75, 3.05) is 6.61 Å². The van der Waals surface area contributed by atoms with Crippen molar-refractivity contribution in [3.05, 3.63) is 65.4 Å². The predicted octanol–water partition coefficient (Wildman–Crippen LogP) is 2.24. The number of nitrogens with zero attached hydrogens (tertiary/aromatic N) is 2. The van der Waals surface area contributed by atoms with Crippen molar-refractivity contribution in [1.82, 2.24) is 9.97 Å². The highest BCUT2D eigenvalue weighted by atomic mass is 16.5. The molecule has 2 rings (SSSR count). The van der Waals surface area contributed by atoms with Gasteiger partial charge in [0.1, 0.15) is 5.57 Å². The van der Waals surface area contributed by atoms with Gasteiger partial charge in [-0.3, -0.25) is 0 Å². The van der Waals surface area contributed by atoms with Crippen LogP contribution in [0.2, 0.25) is 0 Å². The van der Waals surface area contributed by atoms with E-state index in [2.05, 4.69) is 22.1 Å².